The lowest BCUT2D eigenvalue weighted by Gasteiger charge is -2.61. The van der Waals surface area contributed by atoms with Gasteiger partial charge in [0.1, 0.15) is 12.2 Å². The predicted octanol–water partition coefficient (Wildman–Crippen LogP) is 2.41. The highest BCUT2D eigenvalue weighted by Gasteiger charge is 2.67. The fraction of sp³-hybridized carbons (Fsp3) is 0.682. The molecule has 2 aliphatic carbocycles. The van der Waals surface area contributed by atoms with Gasteiger partial charge in [0, 0.05) is 11.5 Å². The molecule has 0 aromatic carbocycles. The number of fused-ring (bicyclic) bond motifs is 3. The van der Waals surface area contributed by atoms with E-state index in [1.54, 1.807) is 6.07 Å². The zero-order chi connectivity index (χ0) is 23.5. The Labute approximate surface area is 186 Å². The van der Waals surface area contributed by atoms with Crippen molar-refractivity contribution in [1.82, 2.24) is 0 Å². The molecular formula is C22H28O9S. The van der Waals surface area contributed by atoms with Crippen LogP contribution >= 0.6 is 0 Å². The van der Waals surface area contributed by atoms with Crippen LogP contribution in [-0.2, 0) is 38.2 Å². The van der Waals surface area contributed by atoms with Gasteiger partial charge in [0.15, 0.2) is 5.78 Å². The predicted molar refractivity (Wildman–Crippen MR) is 109 cm³/mol. The Morgan fingerprint density at radius 1 is 1.22 bits per heavy atom. The van der Waals surface area contributed by atoms with Crippen LogP contribution in [0, 0.1) is 28.6 Å². The highest BCUT2D eigenvalue weighted by atomic mass is 32.2. The molecule has 1 aliphatic heterocycles. The zero-order valence-corrected chi connectivity index (χ0v) is 19.3. The van der Waals surface area contributed by atoms with Gasteiger partial charge in [-0.05, 0) is 42.6 Å². The molecule has 1 aromatic heterocycles. The average Bonchev–Trinajstić information content (AvgIpc) is 3.22. The van der Waals surface area contributed by atoms with Crippen LogP contribution in [-0.4, -0.2) is 45.6 Å². The van der Waals surface area contributed by atoms with E-state index in [1.807, 2.05) is 13.8 Å². The van der Waals surface area contributed by atoms with Crippen LogP contribution in [0.5, 0.6) is 0 Å². The second kappa shape index (κ2) is 7.69. The SMILES string of the molecule is COC(=O)[C@@H]1C[C@H](OS(C)(=O)=O)C(=O)C2[C@@]3(C)C[C@@H](c4ccoc4)OC(=O)C3CC[C@]21C. The maximum absolute atomic E-state index is 13.7. The van der Waals surface area contributed by atoms with Crippen LogP contribution in [0.3, 0.4) is 0 Å². The molecule has 9 nitrogen and oxygen atoms in total. The maximum Gasteiger partial charge on any atom is 0.310 e. The monoisotopic (exact) mass is 468 g/mol. The molecule has 4 rings (SSSR count). The van der Waals surface area contributed by atoms with Crippen molar-refractivity contribution < 1.29 is 40.9 Å². The molecule has 0 amide bonds. The fourth-order valence-corrected chi connectivity index (χ4v) is 7.05. The van der Waals surface area contributed by atoms with E-state index in [1.165, 1.54) is 19.6 Å². The minimum Gasteiger partial charge on any atom is -0.472 e. The molecule has 10 heteroatoms. The number of Topliss-reactive ketones (excluding diaryl/α,β-unsaturated/α-hetero) is 1. The second-order valence-electron chi connectivity index (χ2n) is 9.73. The number of hydrogen-bond acceptors (Lipinski definition) is 9. The van der Waals surface area contributed by atoms with Gasteiger partial charge < -0.3 is 13.9 Å². The molecule has 0 bridgehead atoms. The highest BCUT2D eigenvalue weighted by molar-refractivity contribution is 7.86. The molecule has 176 valence electrons. The Balaban J connectivity index is 1.81. The van der Waals surface area contributed by atoms with Crippen molar-refractivity contribution >= 4 is 27.8 Å². The first-order valence-electron chi connectivity index (χ1n) is 10.6. The van der Waals surface area contributed by atoms with Crippen molar-refractivity contribution in [3.05, 3.63) is 24.2 Å². The summed E-state index contributed by atoms with van der Waals surface area (Å²) in [5.41, 5.74) is -1.000. The van der Waals surface area contributed by atoms with Gasteiger partial charge in [0.2, 0.25) is 0 Å². The lowest BCUT2D eigenvalue weighted by atomic mass is 9.43. The molecule has 0 spiro atoms. The minimum absolute atomic E-state index is 0.0814. The van der Waals surface area contributed by atoms with Crippen molar-refractivity contribution in [1.29, 1.82) is 0 Å². The molecule has 32 heavy (non-hydrogen) atoms. The lowest BCUT2D eigenvalue weighted by molar-refractivity contribution is -0.206. The number of esters is 2. The molecule has 1 saturated heterocycles. The first-order chi connectivity index (χ1) is 14.9. The zero-order valence-electron chi connectivity index (χ0n) is 18.5. The minimum atomic E-state index is -3.95. The van der Waals surface area contributed by atoms with E-state index in [-0.39, 0.29) is 6.42 Å². The van der Waals surface area contributed by atoms with E-state index in [2.05, 4.69) is 0 Å². The van der Waals surface area contributed by atoms with Gasteiger partial charge in [0.25, 0.3) is 10.1 Å². The number of carbonyl (C=O) groups is 3. The third-order valence-corrected chi connectivity index (χ3v) is 8.38. The molecule has 0 radical (unpaired) electrons. The summed E-state index contributed by atoms with van der Waals surface area (Å²) in [6, 6.07) is 1.71. The summed E-state index contributed by atoms with van der Waals surface area (Å²) in [5, 5.41) is 0. The summed E-state index contributed by atoms with van der Waals surface area (Å²) in [6.45, 7) is 3.73. The number of hydrogen-bond donors (Lipinski definition) is 0. The summed E-state index contributed by atoms with van der Waals surface area (Å²) in [4.78, 5) is 39.6. The van der Waals surface area contributed by atoms with E-state index < -0.39 is 68.6 Å². The van der Waals surface area contributed by atoms with Crippen LogP contribution in [0.2, 0.25) is 0 Å². The van der Waals surface area contributed by atoms with Crippen LogP contribution < -0.4 is 0 Å². The third-order valence-electron chi connectivity index (χ3n) is 7.79. The van der Waals surface area contributed by atoms with Gasteiger partial charge in [-0.25, -0.2) is 0 Å². The van der Waals surface area contributed by atoms with Gasteiger partial charge in [-0.1, -0.05) is 13.8 Å². The van der Waals surface area contributed by atoms with Crippen molar-refractivity contribution in [2.75, 3.05) is 13.4 Å². The van der Waals surface area contributed by atoms with Crippen molar-refractivity contribution in [2.45, 2.75) is 51.7 Å². The Morgan fingerprint density at radius 2 is 1.94 bits per heavy atom. The van der Waals surface area contributed by atoms with Crippen LogP contribution in [0.1, 0.15) is 51.2 Å². The van der Waals surface area contributed by atoms with E-state index in [9.17, 15) is 22.8 Å². The van der Waals surface area contributed by atoms with Gasteiger partial charge in [-0.2, -0.15) is 8.42 Å². The summed E-state index contributed by atoms with van der Waals surface area (Å²) < 4.78 is 44.8. The number of ether oxygens (including phenoxy) is 2. The summed E-state index contributed by atoms with van der Waals surface area (Å²) in [5.74, 6) is -3.40. The van der Waals surface area contributed by atoms with E-state index in [0.29, 0.717) is 24.8 Å². The van der Waals surface area contributed by atoms with Crippen molar-refractivity contribution in [3.8, 4) is 0 Å². The summed E-state index contributed by atoms with van der Waals surface area (Å²) in [7, 11) is -2.69. The smallest absolute Gasteiger partial charge is 0.310 e. The van der Waals surface area contributed by atoms with Gasteiger partial charge in [0.05, 0.1) is 37.7 Å². The number of cyclic esters (lactones) is 1. The maximum atomic E-state index is 13.7. The Morgan fingerprint density at radius 3 is 2.53 bits per heavy atom. The number of methoxy groups -OCH3 is 1. The first-order valence-corrected chi connectivity index (χ1v) is 12.4. The average molecular weight is 469 g/mol. The topological polar surface area (TPSA) is 126 Å². The number of carbonyl (C=O) groups excluding carboxylic acids is 3. The number of ketones is 1. The molecule has 2 heterocycles. The molecule has 7 atom stereocenters. The first kappa shape index (κ1) is 23.0. The normalized spacial score (nSPS) is 39.6. The number of furan rings is 1. The van der Waals surface area contributed by atoms with E-state index in [0.717, 1.165) is 6.26 Å². The van der Waals surface area contributed by atoms with Crippen molar-refractivity contribution in [3.63, 3.8) is 0 Å². The Hall–Kier alpha value is -2.20. The summed E-state index contributed by atoms with van der Waals surface area (Å²) in [6.07, 6.45) is 3.09. The molecule has 1 aromatic rings. The van der Waals surface area contributed by atoms with E-state index in [4.69, 9.17) is 18.1 Å². The molecular weight excluding hydrogens is 440 g/mol. The highest BCUT2D eigenvalue weighted by Crippen LogP contribution is 2.65. The van der Waals surface area contributed by atoms with E-state index >= 15 is 0 Å². The molecule has 0 N–H and O–H groups in total. The summed E-state index contributed by atoms with van der Waals surface area (Å²) >= 11 is 0. The quantitative estimate of drug-likeness (QED) is 0.483. The molecule has 3 fully saturated rings. The molecule has 2 unspecified atom stereocenters. The fourth-order valence-electron chi connectivity index (χ4n) is 6.45. The van der Waals surface area contributed by atoms with Gasteiger partial charge >= 0.3 is 11.9 Å². The Kier molecular flexibility index (Phi) is 5.52. The second-order valence-corrected chi connectivity index (χ2v) is 11.3. The molecule has 2 saturated carbocycles. The van der Waals surface area contributed by atoms with Crippen LogP contribution in [0.4, 0.5) is 0 Å². The third kappa shape index (κ3) is 3.57. The number of rotatable bonds is 4. The Bertz CT molecular complexity index is 1030. The van der Waals surface area contributed by atoms with Crippen LogP contribution in [0.25, 0.3) is 0 Å². The van der Waals surface area contributed by atoms with Gasteiger partial charge in [-0.15, -0.1) is 0 Å². The standard InChI is InChI=1S/C22H28O9S/c1-21-7-5-13-20(25)30-16(12-6-8-29-11-12)10-22(13,2)18(21)17(23)15(31-32(4,26)27)9-14(21)19(24)28-3/h6,8,11,13-16,18H,5,7,9-10H2,1-4H3/t13?,14-,15-,16-,18?,21-,22-/m0/s1. The van der Waals surface area contributed by atoms with Crippen molar-refractivity contribution in [2.24, 2.45) is 28.6 Å². The molecule has 3 aliphatic rings. The van der Waals surface area contributed by atoms with Gasteiger partial charge in [-0.3, -0.25) is 18.6 Å². The lowest BCUT2D eigenvalue weighted by Crippen LogP contribution is -2.64. The van der Waals surface area contributed by atoms with Crippen LogP contribution in [0.15, 0.2) is 23.0 Å². The largest absolute Gasteiger partial charge is 0.472 e.